The maximum absolute atomic E-state index is 12.2. The summed E-state index contributed by atoms with van der Waals surface area (Å²) < 4.78 is 1.88. The Kier molecular flexibility index (Phi) is 4.83. The number of benzene rings is 1. The first-order chi connectivity index (χ1) is 11.5. The molecule has 0 aliphatic heterocycles. The van der Waals surface area contributed by atoms with Gasteiger partial charge >= 0.3 is 0 Å². The standard InChI is InChI=1S/C17H14Cl2N4O/c1-11-20-6-7-23(11)16-8-12(4-5-21-16)10-22-17(24)14-3-2-13(18)9-15(14)19/h2-9H,10H2,1H3,(H,22,24). The summed E-state index contributed by atoms with van der Waals surface area (Å²) in [5.41, 5.74) is 1.31. The minimum atomic E-state index is -0.256. The van der Waals surface area contributed by atoms with Crippen molar-refractivity contribution in [2.45, 2.75) is 13.5 Å². The Morgan fingerprint density at radius 2 is 2.00 bits per heavy atom. The zero-order chi connectivity index (χ0) is 17.1. The van der Waals surface area contributed by atoms with Crippen molar-refractivity contribution in [3.05, 3.63) is 75.9 Å². The van der Waals surface area contributed by atoms with Crippen LogP contribution in [0.5, 0.6) is 0 Å². The number of amides is 1. The smallest absolute Gasteiger partial charge is 0.253 e. The zero-order valence-corrected chi connectivity index (χ0v) is 14.3. The van der Waals surface area contributed by atoms with Crippen LogP contribution in [0.4, 0.5) is 0 Å². The average molecular weight is 361 g/mol. The molecule has 0 aliphatic carbocycles. The highest BCUT2D eigenvalue weighted by molar-refractivity contribution is 6.36. The average Bonchev–Trinajstić information content (AvgIpc) is 2.99. The molecular weight excluding hydrogens is 347 g/mol. The molecule has 3 aromatic rings. The number of rotatable bonds is 4. The molecule has 1 aromatic carbocycles. The molecule has 0 saturated heterocycles. The van der Waals surface area contributed by atoms with Crippen molar-refractivity contribution in [2.24, 2.45) is 0 Å². The molecule has 0 radical (unpaired) electrons. The lowest BCUT2D eigenvalue weighted by Gasteiger charge is -2.09. The molecule has 24 heavy (non-hydrogen) atoms. The minimum Gasteiger partial charge on any atom is -0.348 e. The number of aromatic nitrogens is 3. The van der Waals surface area contributed by atoms with Crippen LogP contribution in [0.2, 0.25) is 10.0 Å². The van der Waals surface area contributed by atoms with Gasteiger partial charge in [-0.05, 0) is 42.8 Å². The van der Waals surface area contributed by atoms with Gasteiger partial charge in [0.1, 0.15) is 11.6 Å². The van der Waals surface area contributed by atoms with Crippen molar-refractivity contribution in [1.29, 1.82) is 0 Å². The highest BCUT2D eigenvalue weighted by atomic mass is 35.5. The SMILES string of the molecule is Cc1nccn1-c1cc(CNC(=O)c2ccc(Cl)cc2Cl)ccn1. The van der Waals surface area contributed by atoms with Crippen LogP contribution < -0.4 is 5.32 Å². The van der Waals surface area contributed by atoms with Gasteiger partial charge in [0.15, 0.2) is 0 Å². The van der Waals surface area contributed by atoms with Gasteiger partial charge in [0.2, 0.25) is 0 Å². The summed E-state index contributed by atoms with van der Waals surface area (Å²) in [5.74, 6) is 1.34. The van der Waals surface area contributed by atoms with Gasteiger partial charge in [-0.3, -0.25) is 9.36 Å². The molecule has 1 amide bonds. The molecule has 122 valence electrons. The van der Waals surface area contributed by atoms with Crippen LogP contribution in [0.3, 0.4) is 0 Å². The van der Waals surface area contributed by atoms with Gasteiger partial charge in [-0.15, -0.1) is 0 Å². The van der Waals surface area contributed by atoms with Gasteiger partial charge in [0.05, 0.1) is 10.6 Å². The summed E-state index contributed by atoms with van der Waals surface area (Å²) in [6.45, 7) is 2.26. The number of carbonyl (C=O) groups excluding carboxylic acids is 1. The van der Waals surface area contributed by atoms with Crippen molar-refractivity contribution in [2.75, 3.05) is 0 Å². The van der Waals surface area contributed by atoms with Gasteiger partial charge in [0, 0.05) is 30.2 Å². The molecule has 2 heterocycles. The minimum absolute atomic E-state index is 0.256. The highest BCUT2D eigenvalue weighted by Gasteiger charge is 2.11. The summed E-state index contributed by atoms with van der Waals surface area (Å²) in [5, 5.41) is 3.66. The molecule has 0 bridgehead atoms. The second-order valence-corrected chi connectivity index (χ2v) is 6.02. The van der Waals surface area contributed by atoms with Gasteiger partial charge in [0.25, 0.3) is 5.91 Å². The predicted octanol–water partition coefficient (Wildman–Crippen LogP) is 3.81. The molecule has 1 N–H and O–H groups in total. The number of hydrogen-bond donors (Lipinski definition) is 1. The number of pyridine rings is 1. The molecule has 0 saturated carbocycles. The number of aryl methyl sites for hydroxylation is 1. The van der Waals surface area contributed by atoms with Crippen molar-refractivity contribution >= 4 is 29.1 Å². The van der Waals surface area contributed by atoms with E-state index in [1.54, 1.807) is 30.6 Å². The summed E-state index contributed by atoms with van der Waals surface area (Å²) in [6.07, 6.45) is 5.26. The van der Waals surface area contributed by atoms with E-state index in [9.17, 15) is 4.79 Å². The largest absolute Gasteiger partial charge is 0.348 e. The monoisotopic (exact) mass is 360 g/mol. The number of imidazole rings is 1. The van der Waals surface area contributed by atoms with Gasteiger partial charge in [-0.1, -0.05) is 23.2 Å². The molecule has 2 aromatic heterocycles. The fourth-order valence-electron chi connectivity index (χ4n) is 2.27. The number of nitrogens with zero attached hydrogens (tertiary/aromatic N) is 3. The summed E-state index contributed by atoms with van der Waals surface area (Å²) in [6, 6.07) is 8.53. The maximum atomic E-state index is 12.2. The molecule has 3 rings (SSSR count). The second-order valence-electron chi connectivity index (χ2n) is 5.17. The first-order valence-corrected chi connectivity index (χ1v) is 7.98. The van der Waals surface area contributed by atoms with Crippen LogP contribution in [0.25, 0.3) is 5.82 Å². The van der Waals surface area contributed by atoms with E-state index >= 15 is 0 Å². The van der Waals surface area contributed by atoms with Crippen molar-refractivity contribution in [3.63, 3.8) is 0 Å². The maximum Gasteiger partial charge on any atom is 0.253 e. The van der Waals surface area contributed by atoms with Gasteiger partial charge < -0.3 is 5.32 Å². The van der Waals surface area contributed by atoms with Crippen LogP contribution in [-0.4, -0.2) is 20.4 Å². The lowest BCUT2D eigenvalue weighted by Crippen LogP contribution is -2.23. The lowest BCUT2D eigenvalue weighted by molar-refractivity contribution is 0.0951. The number of hydrogen-bond acceptors (Lipinski definition) is 3. The Labute approximate surface area is 149 Å². The summed E-state index contributed by atoms with van der Waals surface area (Å²) in [7, 11) is 0. The molecule has 5 nitrogen and oxygen atoms in total. The van der Waals surface area contributed by atoms with Crippen molar-refractivity contribution in [3.8, 4) is 5.82 Å². The molecule has 7 heteroatoms. The van der Waals surface area contributed by atoms with E-state index in [0.717, 1.165) is 17.2 Å². The van der Waals surface area contributed by atoms with E-state index < -0.39 is 0 Å². The second kappa shape index (κ2) is 7.03. The predicted molar refractivity (Wildman–Crippen MR) is 93.7 cm³/mol. The number of halogens is 2. The van der Waals surface area contributed by atoms with Gasteiger partial charge in [-0.25, -0.2) is 9.97 Å². The molecule has 0 spiro atoms. The fraction of sp³-hybridized carbons (Fsp3) is 0.118. The van der Waals surface area contributed by atoms with Crippen LogP contribution in [0.1, 0.15) is 21.7 Å². The van der Waals surface area contributed by atoms with Crippen LogP contribution in [0, 0.1) is 6.92 Å². The van der Waals surface area contributed by atoms with Crippen LogP contribution >= 0.6 is 23.2 Å². The lowest BCUT2D eigenvalue weighted by atomic mass is 10.2. The molecule has 0 aliphatic rings. The Balaban J connectivity index is 1.73. The third-order valence-electron chi connectivity index (χ3n) is 3.51. The third-order valence-corrected chi connectivity index (χ3v) is 4.06. The zero-order valence-electron chi connectivity index (χ0n) is 12.8. The molecule has 0 fully saturated rings. The van der Waals surface area contributed by atoms with Crippen molar-refractivity contribution in [1.82, 2.24) is 19.9 Å². The first-order valence-electron chi connectivity index (χ1n) is 7.23. The highest BCUT2D eigenvalue weighted by Crippen LogP contribution is 2.21. The van der Waals surface area contributed by atoms with E-state index in [1.165, 1.54) is 0 Å². The first kappa shape index (κ1) is 16.5. The fourth-order valence-corrected chi connectivity index (χ4v) is 2.77. The Morgan fingerprint density at radius 1 is 1.17 bits per heavy atom. The Morgan fingerprint density at radius 3 is 2.71 bits per heavy atom. The number of nitrogens with one attached hydrogen (secondary N) is 1. The van der Waals surface area contributed by atoms with Crippen LogP contribution in [0.15, 0.2) is 48.9 Å². The number of carbonyl (C=O) groups is 1. The molecular formula is C17H14Cl2N4O. The Bertz CT molecular complexity index is 892. The van der Waals surface area contributed by atoms with E-state index in [2.05, 4.69) is 15.3 Å². The van der Waals surface area contributed by atoms with E-state index in [0.29, 0.717) is 22.2 Å². The summed E-state index contributed by atoms with van der Waals surface area (Å²) in [4.78, 5) is 20.8. The quantitative estimate of drug-likeness (QED) is 0.769. The third kappa shape index (κ3) is 3.58. The van der Waals surface area contributed by atoms with E-state index in [-0.39, 0.29) is 5.91 Å². The molecule has 0 unspecified atom stereocenters. The summed E-state index contributed by atoms with van der Waals surface area (Å²) >= 11 is 11.9. The van der Waals surface area contributed by atoms with Crippen molar-refractivity contribution < 1.29 is 4.79 Å². The topological polar surface area (TPSA) is 59.8 Å². The molecule has 0 atom stereocenters. The normalized spacial score (nSPS) is 10.6. The van der Waals surface area contributed by atoms with E-state index in [4.69, 9.17) is 23.2 Å². The van der Waals surface area contributed by atoms with Gasteiger partial charge in [-0.2, -0.15) is 0 Å². The van der Waals surface area contributed by atoms with E-state index in [1.807, 2.05) is 29.8 Å². The Hall–Kier alpha value is -2.37. The van der Waals surface area contributed by atoms with Crippen LogP contribution in [-0.2, 0) is 6.54 Å².